The normalized spacial score (nSPS) is 12.6. The summed E-state index contributed by atoms with van der Waals surface area (Å²) in [7, 11) is 0. The highest BCUT2D eigenvalue weighted by molar-refractivity contribution is 8.00. The summed E-state index contributed by atoms with van der Waals surface area (Å²) in [5, 5.41) is 11.8. The number of carbonyl (C=O) groups excluding carboxylic acids is 1. The van der Waals surface area contributed by atoms with Crippen LogP contribution in [0, 0.1) is 0 Å². The van der Waals surface area contributed by atoms with E-state index < -0.39 is 5.25 Å². The average Bonchev–Trinajstić information content (AvgIpc) is 3.17. The van der Waals surface area contributed by atoms with E-state index in [1.54, 1.807) is 41.8 Å². The minimum Gasteiger partial charge on any atom is -0.325 e. The molecule has 0 radical (unpaired) electrons. The molecule has 0 spiro atoms. The summed E-state index contributed by atoms with van der Waals surface area (Å²) < 4.78 is 1.65. The van der Waals surface area contributed by atoms with Crippen LogP contribution in [-0.2, 0) is 4.79 Å². The van der Waals surface area contributed by atoms with Gasteiger partial charge in [0, 0.05) is 11.9 Å². The lowest BCUT2D eigenvalue weighted by molar-refractivity contribution is -0.115. The molecule has 3 N–H and O–H groups in total. The molecule has 1 atom stereocenters. The molecule has 0 aliphatic carbocycles. The third-order valence-corrected chi connectivity index (χ3v) is 5.37. The second-order valence-electron chi connectivity index (χ2n) is 5.77. The van der Waals surface area contributed by atoms with Gasteiger partial charge in [0.25, 0.3) is 0 Å². The van der Waals surface area contributed by atoms with Gasteiger partial charge in [-0.1, -0.05) is 35.0 Å². The fraction of sp³-hybridized carbons (Fsp3) is 0.125. The first-order valence-electron chi connectivity index (χ1n) is 7.80. The second kappa shape index (κ2) is 6.91. The summed E-state index contributed by atoms with van der Waals surface area (Å²) >= 11 is 13.4. The smallest absolute Gasteiger partial charge is 0.323 e. The SMILES string of the molecule is CC(Sc1nnc2c(Cl)cc(Cl)cn12)C(=O)Nc1ccc2[nH]c(=O)[nH]c2c1. The maximum atomic E-state index is 12.5. The lowest BCUT2D eigenvalue weighted by atomic mass is 10.2. The van der Waals surface area contributed by atoms with Gasteiger partial charge >= 0.3 is 5.69 Å². The number of H-pyrrole nitrogens is 2. The third kappa shape index (κ3) is 3.53. The van der Waals surface area contributed by atoms with Gasteiger partial charge in [-0.15, -0.1) is 10.2 Å². The first kappa shape index (κ1) is 17.9. The number of carbonyl (C=O) groups is 1. The van der Waals surface area contributed by atoms with Crippen LogP contribution < -0.4 is 11.0 Å². The van der Waals surface area contributed by atoms with Crippen LogP contribution in [0.1, 0.15) is 6.92 Å². The lowest BCUT2D eigenvalue weighted by Gasteiger charge is -2.11. The number of nitrogens with one attached hydrogen (secondary N) is 3. The van der Waals surface area contributed by atoms with Crippen LogP contribution in [0.2, 0.25) is 10.0 Å². The molecule has 0 aliphatic rings. The van der Waals surface area contributed by atoms with Crippen LogP contribution in [0.25, 0.3) is 16.7 Å². The molecule has 11 heteroatoms. The van der Waals surface area contributed by atoms with Gasteiger partial charge < -0.3 is 15.3 Å². The summed E-state index contributed by atoms with van der Waals surface area (Å²) in [6, 6.07) is 6.71. The van der Waals surface area contributed by atoms with Gasteiger partial charge in [0.1, 0.15) is 0 Å². The first-order chi connectivity index (χ1) is 12.9. The molecule has 0 fully saturated rings. The zero-order valence-electron chi connectivity index (χ0n) is 13.8. The highest BCUT2D eigenvalue weighted by atomic mass is 35.5. The van der Waals surface area contributed by atoms with Gasteiger partial charge in [-0.05, 0) is 31.2 Å². The number of nitrogens with zero attached hydrogens (tertiary/aromatic N) is 3. The van der Waals surface area contributed by atoms with Gasteiger partial charge in [-0.2, -0.15) is 0 Å². The molecule has 3 heterocycles. The number of rotatable bonds is 4. The maximum absolute atomic E-state index is 12.5. The van der Waals surface area contributed by atoms with Gasteiger partial charge in [-0.25, -0.2) is 4.79 Å². The Balaban J connectivity index is 1.53. The monoisotopic (exact) mass is 422 g/mol. The summed E-state index contributed by atoms with van der Waals surface area (Å²) in [5.41, 5.74) is 2.04. The zero-order valence-corrected chi connectivity index (χ0v) is 16.1. The summed E-state index contributed by atoms with van der Waals surface area (Å²) in [6.07, 6.45) is 1.64. The Labute approximate surface area is 166 Å². The van der Waals surface area contributed by atoms with Crippen molar-refractivity contribution in [1.29, 1.82) is 0 Å². The van der Waals surface area contributed by atoms with Crippen molar-refractivity contribution in [3.63, 3.8) is 0 Å². The average molecular weight is 423 g/mol. The quantitative estimate of drug-likeness (QED) is 0.437. The second-order valence-corrected chi connectivity index (χ2v) is 7.92. The van der Waals surface area contributed by atoms with E-state index in [1.807, 2.05) is 0 Å². The van der Waals surface area contributed by atoms with E-state index in [0.717, 1.165) is 0 Å². The highest BCUT2D eigenvalue weighted by Gasteiger charge is 2.19. The van der Waals surface area contributed by atoms with Crippen molar-refractivity contribution in [2.75, 3.05) is 5.32 Å². The Bertz CT molecular complexity index is 1230. The van der Waals surface area contributed by atoms with Crippen LogP contribution in [0.5, 0.6) is 0 Å². The number of pyridine rings is 1. The molecule has 27 heavy (non-hydrogen) atoms. The number of anilines is 1. The molecule has 0 saturated carbocycles. The number of amides is 1. The van der Waals surface area contributed by atoms with Crippen LogP contribution in [-0.4, -0.2) is 35.7 Å². The number of thioether (sulfide) groups is 1. The summed E-state index contributed by atoms with van der Waals surface area (Å²) in [6.45, 7) is 1.75. The van der Waals surface area contributed by atoms with Crippen LogP contribution in [0.4, 0.5) is 5.69 Å². The van der Waals surface area contributed by atoms with Crippen LogP contribution >= 0.6 is 35.0 Å². The van der Waals surface area contributed by atoms with E-state index in [2.05, 4.69) is 25.5 Å². The number of aromatic amines is 2. The molecule has 0 bridgehead atoms. The van der Waals surface area contributed by atoms with Crippen molar-refractivity contribution >= 4 is 63.2 Å². The number of hydrogen-bond acceptors (Lipinski definition) is 5. The van der Waals surface area contributed by atoms with Gasteiger partial charge in [0.2, 0.25) is 5.91 Å². The number of fused-ring (bicyclic) bond motifs is 2. The van der Waals surface area contributed by atoms with Crippen LogP contribution in [0.3, 0.4) is 0 Å². The number of aromatic nitrogens is 5. The molecular formula is C16H12Cl2N6O2S. The third-order valence-electron chi connectivity index (χ3n) is 3.83. The van der Waals surface area contributed by atoms with Crippen molar-refractivity contribution in [2.24, 2.45) is 0 Å². The lowest BCUT2D eigenvalue weighted by Crippen LogP contribution is -2.22. The molecule has 1 aromatic carbocycles. The predicted molar refractivity (Wildman–Crippen MR) is 106 cm³/mol. The first-order valence-corrected chi connectivity index (χ1v) is 9.43. The van der Waals surface area contributed by atoms with Crippen molar-refractivity contribution in [3.8, 4) is 0 Å². The van der Waals surface area contributed by atoms with E-state index in [-0.39, 0.29) is 11.6 Å². The Kier molecular flexibility index (Phi) is 4.58. The minimum absolute atomic E-state index is 0.220. The topological polar surface area (TPSA) is 108 Å². The molecule has 0 aliphatic heterocycles. The van der Waals surface area contributed by atoms with E-state index in [0.29, 0.717) is 37.6 Å². The molecule has 4 aromatic rings. The van der Waals surface area contributed by atoms with Crippen LogP contribution in [0.15, 0.2) is 40.4 Å². The van der Waals surface area contributed by atoms with Crippen molar-refractivity contribution in [2.45, 2.75) is 17.3 Å². The maximum Gasteiger partial charge on any atom is 0.323 e. The van der Waals surface area contributed by atoms with Crippen molar-refractivity contribution in [3.05, 3.63) is 51.0 Å². The number of benzene rings is 1. The standard InChI is InChI=1S/C16H12Cl2N6O2S/c1-7(27-16-23-22-13-10(18)4-8(17)6-24(13)16)14(25)19-9-2-3-11-12(5-9)21-15(26)20-11/h2-7H,1H3,(H,19,25)(H2,20,21,26). The Morgan fingerprint density at radius 3 is 2.81 bits per heavy atom. The number of halogens is 2. The largest absolute Gasteiger partial charge is 0.325 e. The molecule has 138 valence electrons. The fourth-order valence-corrected chi connectivity index (χ4v) is 3.88. The van der Waals surface area contributed by atoms with E-state index in [4.69, 9.17) is 23.2 Å². The zero-order chi connectivity index (χ0) is 19.1. The van der Waals surface area contributed by atoms with Gasteiger partial charge in [0.15, 0.2) is 10.8 Å². The fourth-order valence-electron chi connectivity index (χ4n) is 2.55. The van der Waals surface area contributed by atoms with Crippen molar-refractivity contribution < 1.29 is 4.79 Å². The predicted octanol–water partition coefficient (Wildman–Crippen LogP) is 3.33. The van der Waals surface area contributed by atoms with E-state index in [1.165, 1.54) is 11.8 Å². The number of hydrogen-bond donors (Lipinski definition) is 3. The summed E-state index contributed by atoms with van der Waals surface area (Å²) in [4.78, 5) is 29.2. The Hall–Kier alpha value is -2.49. The molecule has 1 unspecified atom stereocenters. The van der Waals surface area contributed by atoms with Gasteiger partial charge in [0.05, 0.1) is 26.3 Å². The van der Waals surface area contributed by atoms with Gasteiger partial charge in [-0.3, -0.25) is 9.20 Å². The minimum atomic E-state index is -0.462. The Morgan fingerprint density at radius 2 is 2.00 bits per heavy atom. The molecule has 0 saturated heterocycles. The molecular weight excluding hydrogens is 411 g/mol. The molecule has 3 aromatic heterocycles. The summed E-state index contributed by atoms with van der Waals surface area (Å²) in [5.74, 6) is -0.220. The molecule has 1 amide bonds. The highest BCUT2D eigenvalue weighted by Crippen LogP contribution is 2.28. The van der Waals surface area contributed by atoms with E-state index in [9.17, 15) is 9.59 Å². The Morgan fingerprint density at radius 1 is 1.22 bits per heavy atom. The number of imidazole rings is 1. The molecule has 8 nitrogen and oxygen atoms in total. The van der Waals surface area contributed by atoms with E-state index >= 15 is 0 Å². The van der Waals surface area contributed by atoms with Crippen molar-refractivity contribution in [1.82, 2.24) is 24.6 Å². The molecule has 4 rings (SSSR count).